The molecule has 0 aliphatic carbocycles. The zero-order valence-electron chi connectivity index (χ0n) is 19.2. The number of nitrogens with one attached hydrogen (secondary N) is 1. The maximum absolute atomic E-state index is 12.7. The highest BCUT2D eigenvalue weighted by Gasteiger charge is 2.26. The van der Waals surface area contributed by atoms with E-state index in [0.29, 0.717) is 19.7 Å². The summed E-state index contributed by atoms with van der Waals surface area (Å²) in [6.45, 7) is 4.49. The minimum absolute atomic E-state index is 0.0663. The normalized spacial score (nSPS) is 15.7. The lowest BCUT2D eigenvalue weighted by Gasteiger charge is -2.33. The second-order valence-electron chi connectivity index (χ2n) is 8.23. The summed E-state index contributed by atoms with van der Waals surface area (Å²) in [5.74, 6) is 2.46. The first kappa shape index (κ1) is 22.6. The topological polar surface area (TPSA) is 76.6 Å². The van der Waals surface area contributed by atoms with Crippen LogP contribution in [0.1, 0.15) is 18.4 Å². The van der Waals surface area contributed by atoms with E-state index in [1.165, 1.54) is 5.56 Å². The van der Waals surface area contributed by atoms with Crippen molar-refractivity contribution in [2.75, 3.05) is 38.3 Å². The van der Waals surface area contributed by atoms with E-state index in [1.807, 2.05) is 61.5 Å². The van der Waals surface area contributed by atoms with E-state index >= 15 is 0 Å². The van der Waals surface area contributed by atoms with Gasteiger partial charge in [-0.1, -0.05) is 17.7 Å². The Hall–Kier alpha value is -3.61. The van der Waals surface area contributed by atoms with Gasteiger partial charge in [0.15, 0.2) is 0 Å². The van der Waals surface area contributed by atoms with E-state index in [0.717, 1.165) is 48.0 Å². The third-order valence-corrected chi connectivity index (χ3v) is 5.85. The van der Waals surface area contributed by atoms with E-state index < -0.39 is 0 Å². The molecule has 1 aromatic heterocycles. The van der Waals surface area contributed by atoms with E-state index in [4.69, 9.17) is 9.47 Å². The first-order valence-corrected chi connectivity index (χ1v) is 11.3. The van der Waals surface area contributed by atoms with Crippen molar-refractivity contribution in [3.05, 3.63) is 66.5 Å². The predicted octanol–water partition coefficient (Wildman–Crippen LogP) is 3.87. The minimum Gasteiger partial charge on any atom is -0.497 e. The number of hydrogen-bond donors (Lipinski definition) is 1. The zero-order valence-corrected chi connectivity index (χ0v) is 19.2. The van der Waals surface area contributed by atoms with Gasteiger partial charge in [-0.15, -0.1) is 0 Å². The van der Waals surface area contributed by atoms with Gasteiger partial charge in [0.1, 0.15) is 30.3 Å². The molecule has 1 aliphatic heterocycles. The van der Waals surface area contributed by atoms with Crippen LogP contribution in [0.3, 0.4) is 0 Å². The standard InChI is InChI=1S/C26H30N4O3/c1-19-5-9-23(10-6-19)33-15-13-27-26(31)21-4-3-14-30(17-21)25-16-24(28-18-29-25)20-7-11-22(32-2)12-8-20/h5-12,16,18,21H,3-4,13-15,17H2,1-2H3,(H,27,31). The highest BCUT2D eigenvalue weighted by Crippen LogP contribution is 2.26. The lowest BCUT2D eigenvalue weighted by Crippen LogP contribution is -2.44. The van der Waals surface area contributed by atoms with Crippen LogP contribution in [0.15, 0.2) is 60.9 Å². The predicted molar refractivity (Wildman–Crippen MR) is 129 cm³/mol. The molecule has 33 heavy (non-hydrogen) atoms. The van der Waals surface area contributed by atoms with Crippen molar-refractivity contribution in [1.82, 2.24) is 15.3 Å². The molecular formula is C26H30N4O3. The second-order valence-corrected chi connectivity index (χ2v) is 8.23. The van der Waals surface area contributed by atoms with Gasteiger partial charge in [0.2, 0.25) is 5.91 Å². The largest absolute Gasteiger partial charge is 0.497 e. The van der Waals surface area contributed by atoms with Crippen molar-refractivity contribution in [3.8, 4) is 22.8 Å². The summed E-state index contributed by atoms with van der Waals surface area (Å²) in [5.41, 5.74) is 3.04. The Morgan fingerprint density at radius 3 is 2.61 bits per heavy atom. The summed E-state index contributed by atoms with van der Waals surface area (Å²) in [5, 5.41) is 3.02. The number of ether oxygens (including phenoxy) is 2. The molecule has 0 bridgehead atoms. The van der Waals surface area contributed by atoms with Crippen molar-refractivity contribution in [2.45, 2.75) is 19.8 Å². The fourth-order valence-electron chi connectivity index (χ4n) is 3.96. The molecule has 0 radical (unpaired) electrons. The number of piperidine rings is 1. The average molecular weight is 447 g/mol. The molecule has 2 heterocycles. The quantitative estimate of drug-likeness (QED) is 0.530. The van der Waals surface area contributed by atoms with Gasteiger partial charge in [0.25, 0.3) is 0 Å². The van der Waals surface area contributed by atoms with Gasteiger partial charge in [0, 0.05) is 24.7 Å². The van der Waals surface area contributed by atoms with Gasteiger partial charge in [0.05, 0.1) is 25.3 Å². The van der Waals surface area contributed by atoms with Gasteiger partial charge >= 0.3 is 0 Å². The number of nitrogens with zero attached hydrogens (tertiary/aromatic N) is 3. The van der Waals surface area contributed by atoms with Crippen LogP contribution in [0.4, 0.5) is 5.82 Å². The Labute approximate surface area is 194 Å². The number of hydrogen-bond acceptors (Lipinski definition) is 6. The van der Waals surface area contributed by atoms with Crippen molar-refractivity contribution in [1.29, 1.82) is 0 Å². The van der Waals surface area contributed by atoms with E-state index in [2.05, 4.69) is 20.2 Å². The number of rotatable bonds is 8. The third kappa shape index (κ3) is 6.00. The summed E-state index contributed by atoms with van der Waals surface area (Å²) in [6, 6.07) is 17.7. The molecule has 3 aromatic rings. The monoisotopic (exact) mass is 446 g/mol. The zero-order chi connectivity index (χ0) is 23.0. The average Bonchev–Trinajstić information content (AvgIpc) is 2.88. The number of carbonyl (C=O) groups is 1. The van der Waals surface area contributed by atoms with Gasteiger partial charge < -0.3 is 19.7 Å². The van der Waals surface area contributed by atoms with Crippen LogP contribution in [-0.2, 0) is 4.79 Å². The van der Waals surface area contributed by atoms with Gasteiger partial charge in [-0.3, -0.25) is 4.79 Å². The molecule has 1 atom stereocenters. The SMILES string of the molecule is COc1ccc(-c2cc(N3CCCC(C(=O)NCCOc4ccc(C)cc4)C3)ncn2)cc1. The van der Waals surface area contributed by atoms with Crippen molar-refractivity contribution >= 4 is 11.7 Å². The summed E-state index contributed by atoms with van der Waals surface area (Å²) >= 11 is 0. The smallest absolute Gasteiger partial charge is 0.225 e. The maximum atomic E-state index is 12.7. The molecule has 1 amide bonds. The summed E-state index contributed by atoms with van der Waals surface area (Å²) < 4.78 is 10.9. The Morgan fingerprint density at radius 1 is 1.09 bits per heavy atom. The van der Waals surface area contributed by atoms with E-state index in [1.54, 1.807) is 13.4 Å². The Morgan fingerprint density at radius 2 is 1.85 bits per heavy atom. The molecule has 1 N–H and O–H groups in total. The number of carbonyl (C=O) groups excluding carboxylic acids is 1. The van der Waals surface area contributed by atoms with E-state index in [9.17, 15) is 4.79 Å². The van der Waals surface area contributed by atoms with Crippen LogP contribution in [-0.4, -0.2) is 49.2 Å². The van der Waals surface area contributed by atoms with Crippen molar-refractivity contribution < 1.29 is 14.3 Å². The number of amides is 1. The first-order valence-electron chi connectivity index (χ1n) is 11.3. The lowest BCUT2D eigenvalue weighted by molar-refractivity contribution is -0.125. The van der Waals surface area contributed by atoms with Crippen molar-refractivity contribution in [2.24, 2.45) is 5.92 Å². The lowest BCUT2D eigenvalue weighted by atomic mass is 9.97. The van der Waals surface area contributed by atoms with Crippen LogP contribution in [0.25, 0.3) is 11.3 Å². The van der Waals surface area contributed by atoms with Gasteiger partial charge in [-0.05, 0) is 56.2 Å². The molecule has 4 rings (SSSR count). The van der Waals surface area contributed by atoms with Crippen molar-refractivity contribution in [3.63, 3.8) is 0 Å². The minimum atomic E-state index is -0.0717. The third-order valence-electron chi connectivity index (χ3n) is 5.85. The number of aromatic nitrogens is 2. The first-order chi connectivity index (χ1) is 16.1. The fraction of sp³-hybridized carbons (Fsp3) is 0.346. The summed E-state index contributed by atoms with van der Waals surface area (Å²) in [7, 11) is 1.65. The molecule has 7 heteroatoms. The molecular weight excluding hydrogens is 416 g/mol. The van der Waals surface area contributed by atoms with Gasteiger partial charge in [-0.25, -0.2) is 9.97 Å². The molecule has 172 valence electrons. The van der Waals surface area contributed by atoms with E-state index in [-0.39, 0.29) is 11.8 Å². The Balaban J connectivity index is 1.31. The fourth-order valence-corrected chi connectivity index (χ4v) is 3.96. The highest BCUT2D eigenvalue weighted by molar-refractivity contribution is 5.79. The molecule has 1 fully saturated rings. The molecule has 7 nitrogen and oxygen atoms in total. The molecule has 1 saturated heterocycles. The molecule has 2 aromatic carbocycles. The number of aryl methyl sites for hydroxylation is 1. The molecule has 0 saturated carbocycles. The van der Waals surface area contributed by atoms with Gasteiger partial charge in [-0.2, -0.15) is 0 Å². The molecule has 1 aliphatic rings. The van der Waals surface area contributed by atoms with Crippen LogP contribution in [0, 0.1) is 12.8 Å². The highest BCUT2D eigenvalue weighted by atomic mass is 16.5. The maximum Gasteiger partial charge on any atom is 0.225 e. The number of anilines is 1. The van der Waals surface area contributed by atoms with Crippen LogP contribution in [0.2, 0.25) is 0 Å². The van der Waals surface area contributed by atoms with Crippen LogP contribution < -0.4 is 19.7 Å². The second kappa shape index (κ2) is 10.8. The van der Waals surface area contributed by atoms with Crippen LogP contribution in [0.5, 0.6) is 11.5 Å². The molecule has 0 spiro atoms. The summed E-state index contributed by atoms with van der Waals surface area (Å²) in [6.07, 6.45) is 3.40. The Bertz CT molecular complexity index is 1050. The van der Waals surface area contributed by atoms with Crippen LogP contribution >= 0.6 is 0 Å². The number of methoxy groups -OCH3 is 1. The summed E-state index contributed by atoms with van der Waals surface area (Å²) in [4.78, 5) is 23.8. The number of benzene rings is 2. The Kier molecular flexibility index (Phi) is 7.40. The molecule has 1 unspecified atom stereocenters.